The Morgan fingerprint density at radius 2 is 1.84 bits per heavy atom. The van der Waals surface area contributed by atoms with Crippen molar-refractivity contribution in [3.63, 3.8) is 0 Å². The number of amides is 2. The third-order valence-corrected chi connectivity index (χ3v) is 2.37. The number of hydrogen-bond donors (Lipinski definition) is 2. The molecule has 100 valence electrons. The molecule has 0 fully saturated rings. The third-order valence-electron chi connectivity index (χ3n) is 2.37. The first-order chi connectivity index (χ1) is 9.13. The van der Waals surface area contributed by atoms with Crippen molar-refractivity contribution < 1.29 is 14.4 Å². The van der Waals surface area contributed by atoms with E-state index in [2.05, 4.69) is 10.6 Å². The Hall–Kier alpha value is -2.43. The van der Waals surface area contributed by atoms with Crippen molar-refractivity contribution in [1.29, 1.82) is 0 Å². The summed E-state index contributed by atoms with van der Waals surface area (Å²) >= 11 is 0. The molecule has 2 amide bonds. The number of rotatable bonds is 6. The zero-order valence-corrected chi connectivity index (χ0v) is 10.7. The zero-order valence-electron chi connectivity index (χ0n) is 10.7. The number of benzene rings is 1. The summed E-state index contributed by atoms with van der Waals surface area (Å²) in [5, 5.41) is 4.81. The Kier molecular flexibility index (Phi) is 6.02. The fourth-order valence-electron chi connectivity index (χ4n) is 1.31. The van der Waals surface area contributed by atoms with Crippen molar-refractivity contribution in [1.82, 2.24) is 10.6 Å². The van der Waals surface area contributed by atoms with Crippen LogP contribution < -0.4 is 10.6 Å². The van der Waals surface area contributed by atoms with Gasteiger partial charge in [-0.25, -0.2) is 0 Å². The molecular weight excluding hydrogens is 244 g/mol. The van der Waals surface area contributed by atoms with Gasteiger partial charge in [0.25, 0.3) is 5.91 Å². The van der Waals surface area contributed by atoms with Gasteiger partial charge in [-0.1, -0.05) is 36.4 Å². The molecule has 0 aliphatic heterocycles. The maximum absolute atomic E-state index is 11.5. The van der Waals surface area contributed by atoms with Crippen LogP contribution in [0.1, 0.15) is 12.0 Å². The second-order valence-corrected chi connectivity index (χ2v) is 3.79. The summed E-state index contributed by atoms with van der Waals surface area (Å²) in [7, 11) is 1.51. The lowest BCUT2D eigenvalue weighted by atomic mass is 10.2. The van der Waals surface area contributed by atoms with Gasteiger partial charge in [-0.3, -0.25) is 14.4 Å². The average Bonchev–Trinajstić information content (AvgIpc) is 2.45. The molecular formula is C14H16N2O3. The van der Waals surface area contributed by atoms with Crippen LogP contribution >= 0.6 is 0 Å². The second kappa shape index (κ2) is 7.81. The highest BCUT2D eigenvalue weighted by Crippen LogP contribution is 2.00. The first-order valence-electron chi connectivity index (χ1n) is 5.89. The van der Waals surface area contributed by atoms with Crippen LogP contribution in [0.4, 0.5) is 0 Å². The van der Waals surface area contributed by atoms with Crippen LogP contribution in [-0.4, -0.2) is 31.2 Å². The molecule has 0 aliphatic carbocycles. The average molecular weight is 260 g/mol. The van der Waals surface area contributed by atoms with Gasteiger partial charge in [-0.2, -0.15) is 0 Å². The number of carbonyl (C=O) groups is 3. The number of hydrogen-bond acceptors (Lipinski definition) is 3. The standard InChI is InChI=1S/C14H16N2O3/c1-15-13(18)9-10-16-14(19)12(17)8-7-11-5-3-2-4-6-11/h2-8H,9-10H2,1H3,(H,15,18)(H,16,19)/b8-7+. The van der Waals surface area contributed by atoms with Crippen molar-refractivity contribution in [2.75, 3.05) is 13.6 Å². The third kappa shape index (κ3) is 5.63. The molecule has 0 saturated heterocycles. The molecule has 1 rings (SSSR count). The molecule has 0 bridgehead atoms. The maximum atomic E-state index is 11.5. The van der Waals surface area contributed by atoms with E-state index in [-0.39, 0.29) is 18.9 Å². The second-order valence-electron chi connectivity index (χ2n) is 3.79. The molecule has 0 atom stereocenters. The van der Waals surface area contributed by atoms with E-state index < -0.39 is 11.7 Å². The van der Waals surface area contributed by atoms with Crippen LogP contribution in [0.3, 0.4) is 0 Å². The first-order valence-corrected chi connectivity index (χ1v) is 5.89. The molecule has 5 heteroatoms. The van der Waals surface area contributed by atoms with E-state index in [4.69, 9.17) is 0 Å². The topological polar surface area (TPSA) is 75.3 Å². The Morgan fingerprint density at radius 3 is 2.47 bits per heavy atom. The van der Waals surface area contributed by atoms with E-state index in [9.17, 15) is 14.4 Å². The molecule has 0 unspecified atom stereocenters. The van der Waals surface area contributed by atoms with Gasteiger partial charge in [0, 0.05) is 20.0 Å². The predicted molar refractivity (Wildman–Crippen MR) is 72.2 cm³/mol. The number of nitrogens with one attached hydrogen (secondary N) is 2. The van der Waals surface area contributed by atoms with Crippen LogP contribution in [0.2, 0.25) is 0 Å². The lowest BCUT2D eigenvalue weighted by molar-refractivity contribution is -0.135. The zero-order chi connectivity index (χ0) is 14.1. The van der Waals surface area contributed by atoms with Crippen molar-refractivity contribution >= 4 is 23.7 Å². The van der Waals surface area contributed by atoms with Gasteiger partial charge in [0.15, 0.2) is 0 Å². The molecule has 19 heavy (non-hydrogen) atoms. The van der Waals surface area contributed by atoms with Gasteiger partial charge in [0.05, 0.1) is 0 Å². The minimum Gasteiger partial charge on any atom is -0.359 e. The summed E-state index contributed by atoms with van der Waals surface area (Å²) in [6.45, 7) is 0.142. The summed E-state index contributed by atoms with van der Waals surface area (Å²) in [6.07, 6.45) is 2.93. The van der Waals surface area contributed by atoms with Crippen LogP contribution in [0.15, 0.2) is 36.4 Å². The highest BCUT2D eigenvalue weighted by Gasteiger charge is 2.09. The normalized spacial score (nSPS) is 10.2. The van der Waals surface area contributed by atoms with E-state index in [1.807, 2.05) is 30.3 Å². The Labute approximate surface area is 111 Å². The van der Waals surface area contributed by atoms with Gasteiger partial charge in [0.1, 0.15) is 0 Å². The van der Waals surface area contributed by atoms with Gasteiger partial charge < -0.3 is 10.6 Å². The highest BCUT2D eigenvalue weighted by molar-refractivity contribution is 6.41. The monoisotopic (exact) mass is 260 g/mol. The lowest BCUT2D eigenvalue weighted by Gasteiger charge is -2.01. The van der Waals surface area contributed by atoms with E-state index in [0.717, 1.165) is 5.56 Å². The Morgan fingerprint density at radius 1 is 1.16 bits per heavy atom. The summed E-state index contributed by atoms with van der Waals surface area (Å²) in [4.78, 5) is 33.8. The lowest BCUT2D eigenvalue weighted by Crippen LogP contribution is -2.33. The predicted octanol–water partition coefficient (Wildman–Crippen LogP) is 0.521. The van der Waals surface area contributed by atoms with E-state index in [1.54, 1.807) is 6.08 Å². The van der Waals surface area contributed by atoms with Crippen LogP contribution in [-0.2, 0) is 14.4 Å². The van der Waals surface area contributed by atoms with E-state index in [1.165, 1.54) is 13.1 Å². The van der Waals surface area contributed by atoms with Crippen LogP contribution in [0.25, 0.3) is 6.08 Å². The summed E-state index contributed by atoms with van der Waals surface area (Å²) in [5.41, 5.74) is 0.842. The Bertz CT molecular complexity index is 481. The quantitative estimate of drug-likeness (QED) is 0.578. The van der Waals surface area contributed by atoms with Gasteiger partial charge in [-0.05, 0) is 11.6 Å². The summed E-state index contributed by atoms with van der Waals surface area (Å²) in [5.74, 6) is -1.54. The number of ketones is 1. The molecule has 0 saturated carbocycles. The maximum Gasteiger partial charge on any atom is 0.291 e. The van der Waals surface area contributed by atoms with Crippen molar-refractivity contribution in [2.45, 2.75) is 6.42 Å². The van der Waals surface area contributed by atoms with Crippen LogP contribution in [0, 0.1) is 0 Å². The van der Waals surface area contributed by atoms with Crippen molar-refractivity contribution in [3.05, 3.63) is 42.0 Å². The van der Waals surface area contributed by atoms with Crippen molar-refractivity contribution in [3.8, 4) is 0 Å². The molecule has 0 spiro atoms. The number of carbonyl (C=O) groups excluding carboxylic acids is 3. The molecule has 0 radical (unpaired) electrons. The largest absolute Gasteiger partial charge is 0.359 e. The SMILES string of the molecule is CNC(=O)CCNC(=O)C(=O)/C=C/c1ccccc1. The minimum atomic E-state index is -0.712. The Balaban J connectivity index is 2.39. The molecule has 2 N–H and O–H groups in total. The molecule has 0 aliphatic rings. The molecule has 1 aromatic carbocycles. The summed E-state index contributed by atoms with van der Waals surface area (Å²) < 4.78 is 0. The molecule has 5 nitrogen and oxygen atoms in total. The van der Waals surface area contributed by atoms with Crippen LogP contribution in [0.5, 0.6) is 0 Å². The fourth-order valence-corrected chi connectivity index (χ4v) is 1.31. The van der Waals surface area contributed by atoms with E-state index in [0.29, 0.717) is 0 Å². The molecule has 1 aromatic rings. The molecule has 0 heterocycles. The van der Waals surface area contributed by atoms with Crippen molar-refractivity contribution in [2.24, 2.45) is 0 Å². The summed E-state index contributed by atoms with van der Waals surface area (Å²) in [6, 6.07) is 9.20. The highest BCUT2D eigenvalue weighted by atomic mass is 16.2. The van der Waals surface area contributed by atoms with Gasteiger partial charge >= 0.3 is 0 Å². The van der Waals surface area contributed by atoms with Gasteiger partial charge in [0.2, 0.25) is 11.7 Å². The molecule has 0 aromatic heterocycles. The smallest absolute Gasteiger partial charge is 0.291 e. The van der Waals surface area contributed by atoms with Gasteiger partial charge in [-0.15, -0.1) is 0 Å². The fraction of sp³-hybridized carbons (Fsp3) is 0.214. The first kappa shape index (κ1) is 14.6. The minimum absolute atomic E-state index is 0.142. The van der Waals surface area contributed by atoms with E-state index >= 15 is 0 Å².